The molecule has 2 amide bonds. The van der Waals surface area contributed by atoms with Crippen molar-refractivity contribution in [3.8, 4) is 5.75 Å². The highest BCUT2D eigenvalue weighted by Crippen LogP contribution is 2.35. The number of phenolic OH excluding ortho intramolecular Hbond substituents is 1. The van der Waals surface area contributed by atoms with Crippen molar-refractivity contribution in [2.24, 2.45) is 5.92 Å². The molecule has 0 fully saturated rings. The molecule has 0 spiro atoms. The van der Waals surface area contributed by atoms with Crippen molar-refractivity contribution in [2.75, 3.05) is 16.4 Å². The van der Waals surface area contributed by atoms with Crippen LogP contribution in [-0.4, -0.2) is 17.1 Å². The van der Waals surface area contributed by atoms with Crippen LogP contribution in [0.2, 0.25) is 0 Å². The molecule has 8 heteroatoms. The summed E-state index contributed by atoms with van der Waals surface area (Å²) < 4.78 is 6.41. The van der Waals surface area contributed by atoms with Gasteiger partial charge in [-0.15, -0.1) is 0 Å². The third-order valence-corrected chi connectivity index (χ3v) is 5.57. The maximum absolute atomic E-state index is 12.7. The standard InChI is InChI=1S/C26H26BrN3O4/c1-16-7-11-19(12-8-16)29-26(33)34-25(20-15-18(27)10-13-23(20)31)17(2)9-14-24(32)30-22-6-4-3-5-21(22)28/h3-15,17,25,31H,28H2,1-2H3,(H,29,33)(H,30,32)/b14-9+/t17-,25+/m0/s1. The quantitative estimate of drug-likeness (QED) is 0.218. The van der Waals surface area contributed by atoms with Crippen LogP contribution in [0.15, 0.2) is 83.4 Å². The number of carbonyl (C=O) groups is 2. The number of ether oxygens (including phenoxy) is 1. The minimum absolute atomic E-state index is 0.0295. The number of para-hydroxylation sites is 2. The zero-order chi connectivity index (χ0) is 24.7. The SMILES string of the molecule is Cc1ccc(NC(=O)O[C@@H](c2cc(Br)ccc2O)[C@@H](C)/C=C/C(=O)Nc2ccccc2N)cc1. The van der Waals surface area contributed by atoms with Gasteiger partial charge in [0.1, 0.15) is 11.9 Å². The summed E-state index contributed by atoms with van der Waals surface area (Å²) in [4.78, 5) is 25.1. The van der Waals surface area contributed by atoms with Gasteiger partial charge in [-0.25, -0.2) is 4.79 Å². The van der Waals surface area contributed by atoms with E-state index in [2.05, 4.69) is 26.6 Å². The van der Waals surface area contributed by atoms with Crippen molar-refractivity contribution in [1.29, 1.82) is 0 Å². The Labute approximate surface area is 206 Å². The second kappa shape index (κ2) is 11.4. The van der Waals surface area contributed by atoms with Crippen molar-refractivity contribution < 1.29 is 19.4 Å². The molecule has 0 aliphatic heterocycles. The Kier molecular flexibility index (Phi) is 8.32. The fourth-order valence-corrected chi connectivity index (χ4v) is 3.61. The van der Waals surface area contributed by atoms with Gasteiger partial charge in [0.15, 0.2) is 0 Å². The van der Waals surface area contributed by atoms with Gasteiger partial charge in [0.05, 0.1) is 11.4 Å². The predicted molar refractivity (Wildman–Crippen MR) is 138 cm³/mol. The van der Waals surface area contributed by atoms with Gasteiger partial charge in [0.25, 0.3) is 0 Å². The molecule has 3 aromatic rings. The summed E-state index contributed by atoms with van der Waals surface area (Å²) in [6, 6.07) is 19.1. The van der Waals surface area contributed by atoms with Crippen LogP contribution in [0.25, 0.3) is 0 Å². The Morgan fingerprint density at radius 1 is 1.06 bits per heavy atom. The number of aromatic hydroxyl groups is 1. The summed E-state index contributed by atoms with van der Waals surface area (Å²) >= 11 is 3.39. The van der Waals surface area contributed by atoms with Gasteiger partial charge in [0, 0.05) is 21.6 Å². The Morgan fingerprint density at radius 2 is 1.76 bits per heavy atom. The van der Waals surface area contributed by atoms with Crippen molar-refractivity contribution in [2.45, 2.75) is 20.0 Å². The van der Waals surface area contributed by atoms with Gasteiger partial charge < -0.3 is 20.9 Å². The molecule has 0 aliphatic rings. The number of phenols is 1. The zero-order valence-electron chi connectivity index (χ0n) is 18.8. The monoisotopic (exact) mass is 523 g/mol. The van der Waals surface area contributed by atoms with Crippen molar-refractivity contribution in [1.82, 2.24) is 0 Å². The maximum atomic E-state index is 12.7. The molecule has 7 nitrogen and oxygen atoms in total. The van der Waals surface area contributed by atoms with Crippen LogP contribution in [0.1, 0.15) is 24.2 Å². The fourth-order valence-electron chi connectivity index (χ4n) is 3.23. The van der Waals surface area contributed by atoms with Crippen LogP contribution in [0.5, 0.6) is 5.75 Å². The van der Waals surface area contributed by atoms with Gasteiger partial charge in [-0.3, -0.25) is 10.1 Å². The summed E-state index contributed by atoms with van der Waals surface area (Å²) in [5.41, 5.74) is 8.86. The number of carbonyl (C=O) groups excluding carboxylic acids is 2. The predicted octanol–water partition coefficient (Wildman–Crippen LogP) is 6.17. The molecule has 176 valence electrons. The third-order valence-electron chi connectivity index (χ3n) is 5.08. The number of rotatable bonds is 7. The first kappa shape index (κ1) is 24.9. The average molecular weight is 524 g/mol. The lowest BCUT2D eigenvalue weighted by Crippen LogP contribution is -2.21. The maximum Gasteiger partial charge on any atom is 0.412 e. The number of anilines is 3. The fraction of sp³-hybridized carbons (Fsp3) is 0.154. The molecule has 0 saturated heterocycles. The average Bonchev–Trinajstić information content (AvgIpc) is 2.80. The molecule has 5 N–H and O–H groups in total. The first-order valence-corrected chi connectivity index (χ1v) is 11.4. The van der Waals surface area contributed by atoms with Gasteiger partial charge >= 0.3 is 6.09 Å². The lowest BCUT2D eigenvalue weighted by molar-refractivity contribution is -0.111. The molecule has 2 atom stereocenters. The van der Waals surface area contributed by atoms with Crippen molar-refractivity contribution >= 4 is 45.0 Å². The van der Waals surface area contributed by atoms with E-state index in [9.17, 15) is 14.7 Å². The molecule has 0 bridgehead atoms. The van der Waals surface area contributed by atoms with Gasteiger partial charge in [0.2, 0.25) is 5.91 Å². The Morgan fingerprint density at radius 3 is 2.47 bits per heavy atom. The number of benzene rings is 3. The summed E-state index contributed by atoms with van der Waals surface area (Å²) in [6.07, 6.45) is 1.41. The number of hydrogen-bond acceptors (Lipinski definition) is 5. The van der Waals surface area contributed by atoms with Crippen LogP contribution in [0.3, 0.4) is 0 Å². The molecule has 34 heavy (non-hydrogen) atoms. The van der Waals surface area contributed by atoms with Crippen LogP contribution >= 0.6 is 15.9 Å². The Bertz CT molecular complexity index is 1190. The van der Waals surface area contributed by atoms with E-state index in [1.807, 2.05) is 19.1 Å². The first-order chi connectivity index (χ1) is 16.2. The smallest absolute Gasteiger partial charge is 0.412 e. The van der Waals surface area contributed by atoms with E-state index in [1.165, 1.54) is 12.1 Å². The molecule has 0 radical (unpaired) electrons. The minimum Gasteiger partial charge on any atom is -0.508 e. The van der Waals surface area contributed by atoms with Crippen LogP contribution < -0.4 is 16.4 Å². The molecular weight excluding hydrogens is 498 g/mol. The summed E-state index contributed by atoms with van der Waals surface area (Å²) in [6.45, 7) is 3.73. The highest BCUT2D eigenvalue weighted by atomic mass is 79.9. The topological polar surface area (TPSA) is 114 Å². The normalized spacial score (nSPS) is 12.7. The number of halogens is 1. The largest absolute Gasteiger partial charge is 0.508 e. The lowest BCUT2D eigenvalue weighted by atomic mass is 9.96. The van der Waals surface area contributed by atoms with Crippen LogP contribution in [0, 0.1) is 12.8 Å². The van der Waals surface area contributed by atoms with E-state index >= 15 is 0 Å². The van der Waals surface area contributed by atoms with Crippen LogP contribution in [0.4, 0.5) is 21.9 Å². The molecule has 3 rings (SSSR count). The number of aryl methyl sites for hydroxylation is 1. The highest BCUT2D eigenvalue weighted by Gasteiger charge is 2.25. The molecule has 0 saturated carbocycles. The number of hydrogen-bond donors (Lipinski definition) is 4. The zero-order valence-corrected chi connectivity index (χ0v) is 20.4. The molecule has 0 heterocycles. The molecule has 0 unspecified atom stereocenters. The van der Waals surface area contributed by atoms with Gasteiger partial charge in [-0.2, -0.15) is 0 Å². The Balaban J connectivity index is 1.78. The summed E-state index contributed by atoms with van der Waals surface area (Å²) in [5, 5.41) is 15.8. The van der Waals surface area contributed by atoms with Crippen LogP contribution in [-0.2, 0) is 9.53 Å². The molecule has 0 aliphatic carbocycles. The van der Waals surface area contributed by atoms with Crippen molar-refractivity contribution in [3.05, 3.63) is 94.5 Å². The lowest BCUT2D eigenvalue weighted by Gasteiger charge is -2.24. The van der Waals surface area contributed by atoms with E-state index < -0.39 is 18.1 Å². The van der Waals surface area contributed by atoms with E-state index in [1.54, 1.807) is 61.5 Å². The summed E-state index contributed by atoms with van der Waals surface area (Å²) in [5.74, 6) is -0.869. The molecule has 3 aromatic carbocycles. The van der Waals surface area contributed by atoms with Gasteiger partial charge in [-0.1, -0.05) is 58.8 Å². The second-order valence-electron chi connectivity index (χ2n) is 7.81. The van der Waals surface area contributed by atoms with E-state index in [0.717, 1.165) is 5.56 Å². The van der Waals surface area contributed by atoms with E-state index in [-0.39, 0.29) is 11.7 Å². The molecular formula is C26H26BrN3O4. The van der Waals surface area contributed by atoms with Gasteiger partial charge in [-0.05, 0) is 55.5 Å². The highest BCUT2D eigenvalue weighted by molar-refractivity contribution is 9.10. The number of nitrogens with two attached hydrogens (primary N) is 1. The number of nitrogen functional groups attached to an aromatic ring is 1. The summed E-state index contributed by atoms with van der Waals surface area (Å²) in [7, 11) is 0. The number of nitrogens with one attached hydrogen (secondary N) is 2. The Hall–Kier alpha value is -3.78. The molecule has 0 aromatic heterocycles. The minimum atomic E-state index is -0.867. The van der Waals surface area contributed by atoms with Crippen molar-refractivity contribution in [3.63, 3.8) is 0 Å². The number of amides is 2. The van der Waals surface area contributed by atoms with E-state index in [0.29, 0.717) is 27.1 Å². The second-order valence-corrected chi connectivity index (χ2v) is 8.73. The van der Waals surface area contributed by atoms with E-state index in [4.69, 9.17) is 10.5 Å². The third kappa shape index (κ3) is 6.86. The first-order valence-electron chi connectivity index (χ1n) is 10.6.